The molecule has 4 atom stereocenters. The highest BCUT2D eigenvalue weighted by Crippen LogP contribution is 2.44. The van der Waals surface area contributed by atoms with Crippen LogP contribution < -0.4 is 57.4 Å². The van der Waals surface area contributed by atoms with Crippen LogP contribution in [-0.4, -0.2) is 146 Å². The molecule has 0 aliphatic carbocycles. The summed E-state index contributed by atoms with van der Waals surface area (Å²) in [5.74, 6) is -1.67. The summed E-state index contributed by atoms with van der Waals surface area (Å²) in [5.41, 5.74) is -1.26. The number of hydrogen-bond donors (Lipinski definition) is 4. The van der Waals surface area contributed by atoms with Crippen molar-refractivity contribution in [2.75, 3.05) is 45.8 Å². The van der Waals surface area contributed by atoms with Crippen LogP contribution >= 0.6 is 46.4 Å². The van der Waals surface area contributed by atoms with Crippen molar-refractivity contribution >= 4 is 133 Å². The molecule has 4 amide bonds. The van der Waals surface area contributed by atoms with Crippen LogP contribution in [0.1, 0.15) is 161 Å². The zero-order valence-electron chi connectivity index (χ0n) is 79.0. The first-order valence-electron chi connectivity index (χ1n) is 44.4. The molecule has 4 saturated heterocycles. The number of carbonyl (C=O) groups is 4. The number of hydrogen-bond acceptors (Lipinski definition) is 28. The van der Waals surface area contributed by atoms with Crippen LogP contribution in [0.25, 0.3) is 0 Å². The van der Waals surface area contributed by atoms with Gasteiger partial charge in [0.05, 0.1) is 37.9 Å². The van der Waals surface area contributed by atoms with Gasteiger partial charge in [0.1, 0.15) is 63.8 Å². The summed E-state index contributed by atoms with van der Waals surface area (Å²) in [6.45, 7) is 27.4. The van der Waals surface area contributed by atoms with Gasteiger partial charge in [0.25, 0.3) is 63.7 Å². The number of amides is 4. The molecule has 4 aromatic carbocycles. The van der Waals surface area contributed by atoms with Crippen molar-refractivity contribution in [3.63, 3.8) is 0 Å². The highest BCUT2D eigenvalue weighted by molar-refractivity contribution is 7.90. The fraction of sp³-hybridized carbons (Fsp3) is 0.306. The van der Waals surface area contributed by atoms with E-state index in [0.29, 0.717) is 73.1 Å². The Morgan fingerprint density at radius 2 is 0.706 bits per heavy atom. The predicted molar refractivity (Wildman–Crippen MR) is 529 cm³/mol. The van der Waals surface area contributed by atoms with Gasteiger partial charge in [-0.1, -0.05) is 117 Å². The van der Waals surface area contributed by atoms with Gasteiger partial charge in [-0.3, -0.25) is 19.2 Å². The number of sulfonamides is 4. The molecule has 754 valence electrons. The van der Waals surface area contributed by atoms with E-state index in [0.717, 1.165) is 62.1 Å². The number of aromatic nitrogens is 8. The monoisotopic (exact) mass is 2120 g/mol. The van der Waals surface area contributed by atoms with Crippen LogP contribution in [0.2, 0.25) is 20.1 Å². The Morgan fingerprint density at radius 3 is 1.05 bits per heavy atom. The average molecular weight is 2120 g/mol. The molecular weight excluding hydrogens is 2020 g/mol. The van der Waals surface area contributed by atoms with E-state index in [1.165, 1.54) is 121 Å². The Kier molecular flexibility index (Phi) is 32.7. The van der Waals surface area contributed by atoms with Gasteiger partial charge in [0.2, 0.25) is 23.5 Å². The molecule has 32 nitrogen and oxygen atoms in total. The first-order valence-corrected chi connectivity index (χ1v) is 51.8. The molecule has 45 heteroatoms. The quantitative estimate of drug-likeness (QED) is 0.0386. The van der Waals surface area contributed by atoms with Gasteiger partial charge < -0.3 is 38.5 Å². The summed E-state index contributed by atoms with van der Waals surface area (Å²) in [5, 5.41) is -1.05. The van der Waals surface area contributed by atoms with Crippen LogP contribution in [0.3, 0.4) is 0 Å². The number of pyridine rings is 8. The predicted octanol–water partition coefficient (Wildman–Crippen LogP) is 19.7. The molecule has 4 unspecified atom stereocenters. The number of nitrogens with zero attached hydrogens (tertiary/aromatic N) is 12. The number of rotatable bonds is 25. The molecule has 4 N–H and O–H groups in total. The maximum Gasteiger partial charge on any atom is 0.416 e. The summed E-state index contributed by atoms with van der Waals surface area (Å²) in [6.07, 6.45) is 5.33. The van der Waals surface area contributed by atoms with Crippen molar-refractivity contribution < 1.29 is 93.7 Å². The van der Waals surface area contributed by atoms with Crippen LogP contribution in [0, 0.1) is 35.3 Å². The molecule has 4 aliphatic rings. The molecule has 8 aromatic heterocycles. The van der Waals surface area contributed by atoms with E-state index in [1.807, 2.05) is 38.2 Å². The van der Waals surface area contributed by atoms with Crippen molar-refractivity contribution in [2.24, 2.45) is 23.7 Å². The lowest BCUT2D eigenvalue weighted by Gasteiger charge is -2.33. The van der Waals surface area contributed by atoms with Crippen molar-refractivity contribution in [3.8, 4) is 40.8 Å². The Morgan fingerprint density at radius 1 is 0.385 bits per heavy atom. The Bertz CT molecular complexity index is 7260. The Hall–Kier alpha value is -13.0. The van der Waals surface area contributed by atoms with Crippen molar-refractivity contribution in [2.45, 2.75) is 164 Å². The molecule has 4 aliphatic heterocycles. The number of halogens is 9. The maximum atomic E-state index is 14.0. The second-order valence-electron chi connectivity index (χ2n) is 36.9. The van der Waals surface area contributed by atoms with E-state index < -0.39 is 102 Å². The summed E-state index contributed by atoms with van der Waals surface area (Å²) in [7, 11) is -17.5. The molecule has 0 radical (unpaired) electrons. The first-order chi connectivity index (χ1) is 67.2. The average Bonchev–Trinajstić information content (AvgIpc) is 1.64. The highest BCUT2D eigenvalue weighted by Gasteiger charge is 2.45. The lowest BCUT2D eigenvalue weighted by Crippen LogP contribution is -2.41. The topological polar surface area (TPSA) is 406 Å². The minimum atomic E-state index is -4.57. The number of nitrogens with one attached hydrogen (secondary N) is 4. The number of carbonyl (C=O) groups excluding carboxylic acids is 4. The van der Waals surface area contributed by atoms with E-state index in [-0.39, 0.29) is 122 Å². The van der Waals surface area contributed by atoms with Crippen molar-refractivity contribution in [1.82, 2.24) is 58.8 Å². The zero-order valence-corrected chi connectivity index (χ0v) is 85.3. The Labute approximate surface area is 844 Å². The normalized spacial score (nSPS) is 17.3. The van der Waals surface area contributed by atoms with Crippen LogP contribution in [0.15, 0.2) is 245 Å². The molecule has 0 saturated carbocycles. The Balaban J connectivity index is 0.000000160. The molecule has 0 spiro atoms. The van der Waals surface area contributed by atoms with Crippen molar-refractivity contribution in [1.29, 1.82) is 0 Å². The number of alkyl halides is 3. The van der Waals surface area contributed by atoms with Crippen LogP contribution in [0.5, 0.6) is 40.8 Å². The van der Waals surface area contributed by atoms with Crippen molar-refractivity contribution in [3.05, 3.63) is 290 Å². The van der Waals surface area contributed by atoms with Gasteiger partial charge in [-0.2, -0.15) is 66.8 Å². The third-order valence-corrected chi connectivity index (χ3v) is 29.5. The lowest BCUT2D eigenvalue weighted by molar-refractivity contribution is -0.137. The van der Waals surface area contributed by atoms with E-state index in [4.69, 9.17) is 65.4 Å². The van der Waals surface area contributed by atoms with E-state index in [2.05, 4.69) is 123 Å². The van der Waals surface area contributed by atoms with Gasteiger partial charge in [0, 0.05) is 114 Å². The standard InChI is InChI=1S/C25H26ClFN4O4S.C25H25F3N4O4S.C24H24Cl2N4O4S.C24H24ClFN4O4S/c1-16-13-25(2,3)31(14-16)23-17(7-6-12-28-23)24(32)30-36(33,34)22-11-5-10-21(29-22)35-15-18-19(26)8-4-9-20(18)27;1-16-14-24(2,3)32(15-16)22-19(9-6-12-29-22)23(33)31-37(34,35)21-11-5-10-20(30-21)36-18-8-4-7-17(13-18)25(26,27)28;1-15-13-24(2,3)30(14-15)22-16(7-6-12-27-22)23(31)29-35(32,33)20-11-5-10-19(28-20)34-18-9-4-8-17(25)21(18)26;1-15-13-24(2,3)30(14-15)22-19(6-5-9-27-22)23(31)29-35(32,33)21-8-4-7-20(28-21)34-18-11-16(25)10-17(26)12-18/h4-12,16H,13-15H2,1-3H3,(H,30,32);4-13,16H,14-15H2,1-3H3,(H,31,33);2*4-12,15H,13-14H2,1-3H3,(H,29,31). The van der Waals surface area contributed by atoms with Gasteiger partial charge in [0.15, 0.2) is 20.1 Å². The van der Waals surface area contributed by atoms with Crippen LogP contribution in [-0.2, 0) is 52.9 Å². The second-order valence-corrected chi connectivity index (χ2v) is 45.0. The highest BCUT2D eigenvalue weighted by atomic mass is 35.5. The first kappa shape index (κ1) is 107. The summed E-state index contributed by atoms with van der Waals surface area (Å²) in [4.78, 5) is 93.9. The smallest absolute Gasteiger partial charge is 0.416 e. The summed E-state index contributed by atoms with van der Waals surface area (Å²) in [6, 6.07) is 45.1. The van der Waals surface area contributed by atoms with Gasteiger partial charge >= 0.3 is 6.18 Å². The minimum absolute atomic E-state index is 0.0284. The van der Waals surface area contributed by atoms with E-state index in [9.17, 15) is 74.8 Å². The van der Waals surface area contributed by atoms with E-state index in [1.54, 1.807) is 67.1 Å². The lowest BCUT2D eigenvalue weighted by atomic mass is 9.97. The third-order valence-electron chi connectivity index (χ3n) is 23.2. The van der Waals surface area contributed by atoms with E-state index >= 15 is 0 Å². The fourth-order valence-electron chi connectivity index (χ4n) is 17.4. The zero-order chi connectivity index (χ0) is 104. The number of ether oxygens (including phenoxy) is 4. The number of benzene rings is 4. The summed E-state index contributed by atoms with van der Waals surface area (Å²) >= 11 is 24.0. The molecule has 0 bridgehead atoms. The second kappa shape index (κ2) is 43.6. The molecule has 12 heterocycles. The third kappa shape index (κ3) is 26.5. The molecule has 143 heavy (non-hydrogen) atoms. The molecule has 4 fully saturated rings. The molecule has 16 rings (SSSR count). The molecular formula is C98H99Cl4F5N16O16S4. The molecule has 12 aromatic rings. The van der Waals surface area contributed by atoms with Gasteiger partial charge in [-0.25, -0.2) is 47.6 Å². The van der Waals surface area contributed by atoms with Crippen LogP contribution in [0.4, 0.5) is 45.2 Å². The minimum Gasteiger partial charge on any atom is -0.473 e. The summed E-state index contributed by atoms with van der Waals surface area (Å²) < 4.78 is 201. The van der Waals surface area contributed by atoms with Gasteiger partial charge in [-0.15, -0.1) is 0 Å². The SMILES string of the molecule is CC1CN(c2ncccc2C(=O)NS(=O)(=O)c2cccc(OCc3c(F)cccc3Cl)n2)C(C)(C)C1.CC1CN(c2ncccc2C(=O)NS(=O)(=O)c2cccc(Oc3cc(F)cc(Cl)c3)n2)C(C)(C)C1.CC1CN(c2ncccc2C(=O)NS(=O)(=O)c2cccc(Oc3cccc(C(F)(F)F)c3)n2)C(C)(C)C1.CC1CN(c2ncccc2C(=O)NS(=O)(=O)c2cccc(Oc3cccc(Cl)c3Cl)n2)C(C)(C)C1. The fourth-order valence-corrected chi connectivity index (χ4v) is 21.9. The largest absolute Gasteiger partial charge is 0.473 e. The number of anilines is 4. The van der Waals surface area contributed by atoms with Gasteiger partial charge in [-0.05, 0) is 232 Å². The maximum absolute atomic E-state index is 14.0.